The van der Waals surface area contributed by atoms with E-state index in [2.05, 4.69) is 42.7 Å². The zero-order valence-electron chi connectivity index (χ0n) is 11.6. The van der Waals surface area contributed by atoms with E-state index in [9.17, 15) is 0 Å². The number of hydrogen-bond donors (Lipinski definition) is 1. The Morgan fingerprint density at radius 1 is 1.32 bits per heavy atom. The zero-order valence-corrected chi connectivity index (χ0v) is 12.4. The SMILES string of the molecule is Cc1ccc(-c2csc(CC3CCCN3)n2)cc1C. The van der Waals surface area contributed by atoms with E-state index in [1.807, 2.05) is 0 Å². The van der Waals surface area contributed by atoms with Gasteiger partial charge in [-0.1, -0.05) is 12.1 Å². The zero-order chi connectivity index (χ0) is 13.2. The second kappa shape index (κ2) is 5.43. The lowest BCUT2D eigenvalue weighted by molar-refractivity contribution is 0.601. The van der Waals surface area contributed by atoms with Gasteiger partial charge in [-0.25, -0.2) is 4.98 Å². The van der Waals surface area contributed by atoms with Crippen molar-refractivity contribution in [3.8, 4) is 11.3 Å². The first kappa shape index (κ1) is 12.8. The summed E-state index contributed by atoms with van der Waals surface area (Å²) in [7, 11) is 0. The highest BCUT2D eigenvalue weighted by Crippen LogP contribution is 2.25. The van der Waals surface area contributed by atoms with Gasteiger partial charge in [-0.2, -0.15) is 0 Å². The van der Waals surface area contributed by atoms with Crippen LogP contribution in [0.1, 0.15) is 29.0 Å². The van der Waals surface area contributed by atoms with Crippen LogP contribution >= 0.6 is 11.3 Å². The summed E-state index contributed by atoms with van der Waals surface area (Å²) in [5.41, 5.74) is 5.05. The van der Waals surface area contributed by atoms with E-state index in [1.165, 1.54) is 41.1 Å². The Morgan fingerprint density at radius 2 is 2.21 bits per heavy atom. The van der Waals surface area contributed by atoms with Crippen molar-refractivity contribution in [1.82, 2.24) is 10.3 Å². The summed E-state index contributed by atoms with van der Waals surface area (Å²) in [6.07, 6.45) is 3.67. The summed E-state index contributed by atoms with van der Waals surface area (Å²) in [6.45, 7) is 5.48. The molecule has 2 aromatic rings. The Kier molecular flexibility index (Phi) is 3.67. The molecule has 0 amide bonds. The fourth-order valence-corrected chi connectivity index (χ4v) is 3.46. The highest BCUT2D eigenvalue weighted by atomic mass is 32.1. The van der Waals surface area contributed by atoms with Gasteiger partial charge in [0.25, 0.3) is 0 Å². The number of rotatable bonds is 3. The van der Waals surface area contributed by atoms with E-state index in [0.29, 0.717) is 6.04 Å². The standard InChI is InChI=1S/C16H20N2S/c1-11-5-6-13(8-12(11)2)15-10-19-16(18-15)9-14-4-3-7-17-14/h5-6,8,10,14,17H,3-4,7,9H2,1-2H3. The second-order valence-electron chi connectivity index (χ2n) is 5.42. The van der Waals surface area contributed by atoms with Crippen LogP contribution < -0.4 is 5.32 Å². The third-order valence-electron chi connectivity index (χ3n) is 3.94. The van der Waals surface area contributed by atoms with Crippen LogP contribution in [0.4, 0.5) is 0 Å². The largest absolute Gasteiger partial charge is 0.314 e. The second-order valence-corrected chi connectivity index (χ2v) is 6.37. The van der Waals surface area contributed by atoms with Gasteiger partial charge in [0.05, 0.1) is 10.7 Å². The molecule has 3 heteroatoms. The van der Waals surface area contributed by atoms with Crippen LogP contribution in [0.25, 0.3) is 11.3 Å². The lowest BCUT2D eigenvalue weighted by Crippen LogP contribution is -2.23. The maximum Gasteiger partial charge on any atom is 0.0948 e. The van der Waals surface area contributed by atoms with Gasteiger partial charge in [-0.3, -0.25) is 0 Å². The first-order valence-electron chi connectivity index (χ1n) is 6.98. The van der Waals surface area contributed by atoms with Crippen molar-refractivity contribution in [2.24, 2.45) is 0 Å². The first-order valence-corrected chi connectivity index (χ1v) is 7.86. The Hall–Kier alpha value is -1.19. The lowest BCUT2D eigenvalue weighted by atomic mass is 10.1. The van der Waals surface area contributed by atoms with Crippen molar-refractivity contribution in [2.75, 3.05) is 6.54 Å². The average molecular weight is 272 g/mol. The van der Waals surface area contributed by atoms with Gasteiger partial charge in [0.2, 0.25) is 0 Å². The van der Waals surface area contributed by atoms with Crippen LogP contribution in [0.2, 0.25) is 0 Å². The maximum absolute atomic E-state index is 4.79. The molecule has 1 aliphatic rings. The Labute approximate surface area is 118 Å². The molecule has 2 nitrogen and oxygen atoms in total. The van der Waals surface area contributed by atoms with Crippen LogP contribution in [0.3, 0.4) is 0 Å². The summed E-state index contributed by atoms with van der Waals surface area (Å²) >= 11 is 1.79. The van der Waals surface area contributed by atoms with Gasteiger partial charge < -0.3 is 5.32 Å². The minimum atomic E-state index is 0.638. The first-order chi connectivity index (χ1) is 9.22. The molecule has 0 saturated carbocycles. The highest BCUT2D eigenvalue weighted by molar-refractivity contribution is 7.09. The fourth-order valence-electron chi connectivity index (χ4n) is 2.58. The van der Waals surface area contributed by atoms with E-state index < -0.39 is 0 Å². The number of thiazole rings is 1. The molecule has 0 aliphatic carbocycles. The topological polar surface area (TPSA) is 24.9 Å². The molecule has 19 heavy (non-hydrogen) atoms. The van der Waals surface area contributed by atoms with Crippen molar-refractivity contribution in [1.29, 1.82) is 0 Å². The summed E-state index contributed by atoms with van der Waals surface area (Å²) in [5, 5.41) is 6.98. The molecule has 1 aromatic heterocycles. The van der Waals surface area contributed by atoms with Crippen molar-refractivity contribution < 1.29 is 0 Å². The molecule has 0 radical (unpaired) electrons. The molecule has 1 unspecified atom stereocenters. The van der Waals surface area contributed by atoms with E-state index in [0.717, 1.165) is 12.1 Å². The van der Waals surface area contributed by atoms with Crippen molar-refractivity contribution in [3.05, 3.63) is 39.7 Å². The molecule has 0 bridgehead atoms. The van der Waals surface area contributed by atoms with Crippen molar-refractivity contribution >= 4 is 11.3 Å². The summed E-state index contributed by atoms with van der Waals surface area (Å²) in [4.78, 5) is 4.79. The van der Waals surface area contributed by atoms with Gasteiger partial charge in [-0.15, -0.1) is 11.3 Å². The average Bonchev–Trinajstić information content (AvgIpc) is 3.05. The van der Waals surface area contributed by atoms with E-state index in [-0.39, 0.29) is 0 Å². The molecule has 0 spiro atoms. The number of nitrogens with one attached hydrogen (secondary N) is 1. The van der Waals surface area contributed by atoms with Crippen LogP contribution in [0.5, 0.6) is 0 Å². The summed E-state index contributed by atoms with van der Waals surface area (Å²) in [5.74, 6) is 0. The predicted octanol–water partition coefficient (Wildman–Crippen LogP) is 3.72. The Bertz CT molecular complexity index is 568. The molecule has 100 valence electrons. The molecule has 1 aliphatic heterocycles. The quantitative estimate of drug-likeness (QED) is 0.921. The van der Waals surface area contributed by atoms with Crippen molar-refractivity contribution in [3.63, 3.8) is 0 Å². The molecular weight excluding hydrogens is 252 g/mol. The van der Waals surface area contributed by atoms with Crippen LogP contribution in [-0.4, -0.2) is 17.6 Å². The van der Waals surface area contributed by atoms with Crippen LogP contribution in [0.15, 0.2) is 23.6 Å². The van der Waals surface area contributed by atoms with Crippen LogP contribution in [-0.2, 0) is 6.42 Å². The Morgan fingerprint density at radius 3 is 2.95 bits per heavy atom. The van der Waals surface area contributed by atoms with Gasteiger partial charge in [0.1, 0.15) is 0 Å². The van der Waals surface area contributed by atoms with Gasteiger partial charge in [-0.05, 0) is 50.4 Å². The minimum absolute atomic E-state index is 0.638. The molecule has 1 N–H and O–H groups in total. The van der Waals surface area contributed by atoms with E-state index >= 15 is 0 Å². The monoisotopic (exact) mass is 272 g/mol. The fraction of sp³-hybridized carbons (Fsp3) is 0.438. The van der Waals surface area contributed by atoms with Gasteiger partial charge in [0, 0.05) is 23.4 Å². The number of aromatic nitrogens is 1. The smallest absolute Gasteiger partial charge is 0.0948 e. The molecule has 1 fully saturated rings. The molecular formula is C16H20N2S. The van der Waals surface area contributed by atoms with Crippen LogP contribution in [0, 0.1) is 13.8 Å². The minimum Gasteiger partial charge on any atom is -0.314 e. The number of aryl methyl sites for hydroxylation is 2. The predicted molar refractivity (Wildman–Crippen MR) is 81.8 cm³/mol. The molecule has 1 atom stereocenters. The van der Waals surface area contributed by atoms with E-state index in [4.69, 9.17) is 4.98 Å². The third kappa shape index (κ3) is 2.88. The molecule has 3 rings (SSSR count). The highest BCUT2D eigenvalue weighted by Gasteiger charge is 2.16. The Balaban J connectivity index is 1.78. The number of nitrogens with zero attached hydrogens (tertiary/aromatic N) is 1. The van der Waals surface area contributed by atoms with Gasteiger partial charge in [0.15, 0.2) is 0 Å². The number of hydrogen-bond acceptors (Lipinski definition) is 3. The normalized spacial score (nSPS) is 18.9. The maximum atomic E-state index is 4.79. The molecule has 1 saturated heterocycles. The lowest BCUT2D eigenvalue weighted by Gasteiger charge is -2.06. The number of benzene rings is 1. The van der Waals surface area contributed by atoms with Gasteiger partial charge >= 0.3 is 0 Å². The molecule has 2 heterocycles. The summed E-state index contributed by atoms with van der Waals surface area (Å²) in [6, 6.07) is 7.23. The van der Waals surface area contributed by atoms with Crippen molar-refractivity contribution in [2.45, 2.75) is 39.2 Å². The molecule has 1 aromatic carbocycles. The summed E-state index contributed by atoms with van der Waals surface area (Å²) < 4.78 is 0. The third-order valence-corrected chi connectivity index (χ3v) is 4.81. The van der Waals surface area contributed by atoms with E-state index in [1.54, 1.807) is 11.3 Å².